The Morgan fingerprint density at radius 3 is 2.62 bits per heavy atom. The van der Waals surface area contributed by atoms with Crippen molar-refractivity contribution in [2.45, 2.75) is 37.6 Å². The zero-order valence-corrected chi connectivity index (χ0v) is 13.0. The largest absolute Gasteiger partial charge is 0.394 e. The second-order valence-corrected chi connectivity index (χ2v) is 5.42. The fourth-order valence-corrected chi connectivity index (χ4v) is 2.46. The molecule has 0 bridgehead atoms. The van der Waals surface area contributed by atoms with Gasteiger partial charge in [0.1, 0.15) is 24.4 Å². The van der Waals surface area contributed by atoms with Crippen LogP contribution in [0, 0.1) is 0 Å². The van der Waals surface area contributed by atoms with Gasteiger partial charge in [0.05, 0.1) is 18.7 Å². The topological polar surface area (TPSA) is 140 Å². The molecular formula is C15H20N2O7. The quantitative estimate of drug-likeness (QED) is 0.227. The lowest BCUT2D eigenvalue weighted by molar-refractivity contribution is -0.256. The number of hydrogen-bond acceptors (Lipinski definition) is 7. The molecule has 0 aliphatic carbocycles. The van der Waals surface area contributed by atoms with Crippen LogP contribution in [0.4, 0.5) is 4.79 Å². The number of rotatable bonds is 3. The summed E-state index contributed by atoms with van der Waals surface area (Å²) in [6, 6.07) is -0.819. The number of allylic oxidation sites excluding steroid dienone is 2. The molecule has 5 atom stereocenters. The summed E-state index contributed by atoms with van der Waals surface area (Å²) in [4.78, 5) is 24.8. The zero-order chi connectivity index (χ0) is 17.9. The van der Waals surface area contributed by atoms with Gasteiger partial charge in [-0.05, 0) is 13.0 Å². The fraction of sp³-hybridized carbons (Fsp3) is 0.533. The van der Waals surface area contributed by atoms with Gasteiger partial charge < -0.3 is 25.2 Å². The molecule has 2 rings (SSSR count). The van der Waals surface area contributed by atoms with E-state index < -0.39 is 49.2 Å². The summed E-state index contributed by atoms with van der Waals surface area (Å²) in [5, 5.41) is 41.0. The average molecular weight is 340 g/mol. The van der Waals surface area contributed by atoms with Crippen LogP contribution in [0.2, 0.25) is 0 Å². The highest BCUT2D eigenvalue weighted by molar-refractivity contribution is 6.06. The molecule has 24 heavy (non-hydrogen) atoms. The molecule has 9 heteroatoms. The summed E-state index contributed by atoms with van der Waals surface area (Å²) in [5.74, 6) is -0.624. The number of urea groups is 1. The van der Waals surface area contributed by atoms with Crippen LogP contribution >= 0.6 is 0 Å². The Hall–Kier alpha value is -2.00. The van der Waals surface area contributed by atoms with Crippen LogP contribution < -0.4 is 5.32 Å². The molecule has 132 valence electrons. The van der Waals surface area contributed by atoms with Gasteiger partial charge in [-0.15, -0.1) is 5.73 Å². The maximum Gasteiger partial charge on any atom is 0.326 e. The number of hydrogen-bond donors (Lipinski definition) is 5. The lowest BCUT2D eigenvalue weighted by Gasteiger charge is -2.45. The van der Waals surface area contributed by atoms with Gasteiger partial charge in [0.25, 0.3) is 5.91 Å². The van der Waals surface area contributed by atoms with E-state index in [0.717, 1.165) is 4.90 Å². The zero-order valence-electron chi connectivity index (χ0n) is 13.0. The van der Waals surface area contributed by atoms with E-state index in [1.54, 1.807) is 19.1 Å². The van der Waals surface area contributed by atoms with Crippen LogP contribution in [0.1, 0.15) is 6.92 Å². The van der Waals surface area contributed by atoms with Crippen molar-refractivity contribution in [1.29, 1.82) is 0 Å². The molecule has 2 saturated heterocycles. The number of imide groups is 1. The molecule has 2 fully saturated rings. The molecule has 0 aromatic rings. The molecule has 5 N–H and O–H groups in total. The summed E-state index contributed by atoms with van der Waals surface area (Å²) >= 11 is 0. The molecule has 9 nitrogen and oxygen atoms in total. The minimum absolute atomic E-state index is 0.129. The Bertz CT molecular complexity index is 595. The van der Waals surface area contributed by atoms with Crippen LogP contribution in [0.25, 0.3) is 0 Å². The van der Waals surface area contributed by atoms with E-state index in [4.69, 9.17) is 4.74 Å². The van der Waals surface area contributed by atoms with Crippen molar-refractivity contribution < 1.29 is 34.8 Å². The monoisotopic (exact) mass is 340 g/mol. The molecule has 0 aromatic carbocycles. The standard InChI is InChI=1S/C15H20N2O7/c1-2-3-4-5-8-6-17(15(23)16-13(8)22)14-12(21)11(20)10(19)9(7-18)24-14/h2-4,9-12,14,18-21H,6-7H2,1H3,(H,16,22,23)/b3-2+/t5?,9-,10-,11+,12-,14-/m1/s1. The predicted molar refractivity (Wildman–Crippen MR) is 80.4 cm³/mol. The van der Waals surface area contributed by atoms with Crippen molar-refractivity contribution in [2.75, 3.05) is 13.2 Å². The summed E-state index contributed by atoms with van der Waals surface area (Å²) in [6.07, 6.45) is -2.36. The average Bonchev–Trinajstić information content (AvgIpc) is 2.56. The van der Waals surface area contributed by atoms with E-state index in [1.807, 2.05) is 0 Å². The minimum Gasteiger partial charge on any atom is -0.394 e. The van der Waals surface area contributed by atoms with Crippen molar-refractivity contribution >= 4 is 11.9 Å². The number of ether oxygens (including phenoxy) is 1. The van der Waals surface area contributed by atoms with Gasteiger partial charge in [-0.3, -0.25) is 15.0 Å². The highest BCUT2D eigenvalue weighted by Gasteiger charge is 2.48. The molecule has 0 aromatic heterocycles. The van der Waals surface area contributed by atoms with Gasteiger partial charge in [-0.1, -0.05) is 12.2 Å². The second-order valence-electron chi connectivity index (χ2n) is 5.42. The third-order valence-corrected chi connectivity index (χ3v) is 3.80. The normalized spacial score (nSPS) is 34.3. The van der Waals surface area contributed by atoms with Crippen molar-refractivity contribution in [3.63, 3.8) is 0 Å². The summed E-state index contributed by atoms with van der Waals surface area (Å²) < 4.78 is 5.33. The van der Waals surface area contributed by atoms with Crippen molar-refractivity contribution in [3.05, 3.63) is 29.5 Å². The molecule has 3 amide bonds. The number of nitrogens with zero attached hydrogens (tertiary/aromatic N) is 1. The first-order valence-corrected chi connectivity index (χ1v) is 7.40. The number of carbonyl (C=O) groups is 2. The highest BCUT2D eigenvalue weighted by Crippen LogP contribution is 2.25. The molecule has 0 spiro atoms. The first kappa shape index (κ1) is 18.3. The number of aliphatic hydroxyl groups excluding tert-OH is 4. The maximum atomic E-state index is 12.0. The fourth-order valence-electron chi connectivity index (χ4n) is 2.46. The van der Waals surface area contributed by atoms with E-state index in [0.29, 0.717) is 0 Å². The Morgan fingerprint density at radius 2 is 2.00 bits per heavy atom. The van der Waals surface area contributed by atoms with E-state index in [1.165, 1.54) is 6.08 Å². The number of amides is 3. The van der Waals surface area contributed by atoms with E-state index in [9.17, 15) is 30.0 Å². The van der Waals surface area contributed by atoms with Gasteiger partial charge in [0, 0.05) is 0 Å². The summed E-state index contributed by atoms with van der Waals surface area (Å²) in [7, 11) is 0. The smallest absolute Gasteiger partial charge is 0.326 e. The second kappa shape index (κ2) is 7.71. The Balaban J connectivity index is 2.27. The van der Waals surface area contributed by atoms with Crippen molar-refractivity contribution in [1.82, 2.24) is 10.2 Å². The molecule has 2 aliphatic rings. The number of carbonyl (C=O) groups excluding carboxylic acids is 2. The Labute approximate surface area is 138 Å². The lowest BCUT2D eigenvalue weighted by atomic mass is 9.97. The predicted octanol–water partition coefficient (Wildman–Crippen LogP) is -2.00. The number of aliphatic hydroxyl groups is 4. The minimum atomic E-state index is -1.61. The van der Waals surface area contributed by atoms with Crippen LogP contribution in [0.5, 0.6) is 0 Å². The van der Waals surface area contributed by atoms with Gasteiger partial charge in [-0.2, -0.15) is 0 Å². The first-order valence-electron chi connectivity index (χ1n) is 7.40. The summed E-state index contributed by atoms with van der Waals surface area (Å²) in [5.41, 5.74) is 2.85. The van der Waals surface area contributed by atoms with Crippen LogP contribution in [0.15, 0.2) is 29.5 Å². The van der Waals surface area contributed by atoms with E-state index >= 15 is 0 Å². The number of nitrogens with one attached hydrogen (secondary N) is 1. The van der Waals surface area contributed by atoms with Gasteiger partial charge in [0.2, 0.25) is 0 Å². The van der Waals surface area contributed by atoms with Gasteiger partial charge in [-0.25, -0.2) is 4.79 Å². The molecule has 2 aliphatic heterocycles. The maximum absolute atomic E-state index is 12.0. The van der Waals surface area contributed by atoms with Crippen LogP contribution in [-0.2, 0) is 9.53 Å². The molecule has 0 saturated carbocycles. The Morgan fingerprint density at radius 1 is 1.29 bits per heavy atom. The Kier molecular flexibility index (Phi) is 5.89. The summed E-state index contributed by atoms with van der Waals surface area (Å²) in [6.45, 7) is 0.967. The first-order chi connectivity index (χ1) is 11.4. The molecule has 2 heterocycles. The SMILES string of the molecule is C/C=C/C=C=C1CN([C@@H]2O[C@H](CO)[C@@H](O)[C@H](O)[C@H]2O)C(=O)NC1=O. The van der Waals surface area contributed by atoms with Crippen molar-refractivity contribution in [3.8, 4) is 0 Å². The van der Waals surface area contributed by atoms with Gasteiger partial charge >= 0.3 is 6.03 Å². The highest BCUT2D eigenvalue weighted by atomic mass is 16.6. The van der Waals surface area contributed by atoms with Crippen LogP contribution in [0.3, 0.4) is 0 Å². The molecule has 0 unspecified atom stereocenters. The van der Waals surface area contributed by atoms with E-state index in [-0.39, 0.29) is 12.1 Å². The van der Waals surface area contributed by atoms with Gasteiger partial charge in [0.15, 0.2) is 6.23 Å². The van der Waals surface area contributed by atoms with E-state index in [2.05, 4.69) is 11.0 Å². The third kappa shape index (κ3) is 3.57. The molecular weight excluding hydrogens is 320 g/mol. The van der Waals surface area contributed by atoms with Crippen molar-refractivity contribution in [2.24, 2.45) is 0 Å². The molecule has 0 radical (unpaired) electrons. The third-order valence-electron chi connectivity index (χ3n) is 3.80. The lowest BCUT2D eigenvalue weighted by Crippen LogP contribution is -2.67. The van der Waals surface area contributed by atoms with Crippen LogP contribution in [-0.4, -0.2) is 81.1 Å².